The predicted molar refractivity (Wildman–Crippen MR) is 75.3 cm³/mol. The highest BCUT2D eigenvalue weighted by Gasteiger charge is 2.04. The van der Waals surface area contributed by atoms with Crippen LogP contribution >= 0.6 is 0 Å². The lowest BCUT2D eigenvalue weighted by Crippen LogP contribution is -1.97. The van der Waals surface area contributed by atoms with Gasteiger partial charge in [-0.1, -0.05) is 39.5 Å². The average Bonchev–Trinajstić information content (AvgIpc) is 2.35. The van der Waals surface area contributed by atoms with E-state index in [0.717, 1.165) is 22.3 Å². The zero-order valence-electron chi connectivity index (χ0n) is 11.4. The van der Waals surface area contributed by atoms with Crippen LogP contribution in [0.5, 0.6) is 0 Å². The van der Waals surface area contributed by atoms with Gasteiger partial charge in [0, 0.05) is 29.0 Å². The van der Waals surface area contributed by atoms with E-state index in [-0.39, 0.29) is 0 Å². The summed E-state index contributed by atoms with van der Waals surface area (Å²) < 4.78 is 0. The number of hydrogen-bond acceptors (Lipinski definition) is 2. The number of hydrogen-bond donors (Lipinski definition) is 0. The zero-order valence-corrected chi connectivity index (χ0v) is 11.4. The first-order chi connectivity index (χ1) is 8.56. The molecule has 0 atom stereocenters. The smallest absolute Gasteiger partial charge is 0.131 e. The molecule has 1 aromatic heterocycles. The van der Waals surface area contributed by atoms with E-state index in [0.29, 0.717) is 11.8 Å². The fourth-order valence-corrected chi connectivity index (χ4v) is 1.63. The lowest BCUT2D eigenvalue weighted by atomic mass is 10.1. The first kappa shape index (κ1) is 12.6. The molecule has 2 nitrogen and oxygen atoms in total. The minimum atomic E-state index is 0.356. The van der Waals surface area contributed by atoms with E-state index in [1.54, 1.807) is 0 Å². The number of fused-ring (bicyclic) bond motifs is 1. The van der Waals surface area contributed by atoms with Crippen LogP contribution in [0.2, 0.25) is 0 Å². The second-order valence-electron chi connectivity index (χ2n) is 5.08. The molecule has 0 amide bonds. The number of benzene rings is 1. The lowest BCUT2D eigenvalue weighted by molar-refractivity contribution is 0.783. The van der Waals surface area contributed by atoms with Gasteiger partial charge in [0.25, 0.3) is 0 Å². The summed E-state index contributed by atoms with van der Waals surface area (Å²) in [5, 5.41) is 1.05. The molecule has 0 aliphatic rings. The van der Waals surface area contributed by atoms with Crippen molar-refractivity contribution in [2.75, 3.05) is 0 Å². The Bertz CT molecular complexity index is 616. The van der Waals surface area contributed by atoms with Crippen LogP contribution in [0.25, 0.3) is 10.9 Å². The van der Waals surface area contributed by atoms with E-state index in [1.165, 1.54) is 0 Å². The Kier molecular flexibility index (Phi) is 3.62. The summed E-state index contributed by atoms with van der Waals surface area (Å²) in [4.78, 5) is 8.94. The maximum absolute atomic E-state index is 4.55. The maximum Gasteiger partial charge on any atom is 0.131 e. The molecule has 2 aromatic rings. The molecule has 0 bridgehead atoms. The summed E-state index contributed by atoms with van der Waals surface area (Å²) >= 11 is 0. The van der Waals surface area contributed by atoms with E-state index < -0.39 is 0 Å². The standard InChI is InChI=1S/C16H18N2/c1-11(2)5-6-13-7-8-15-14(9-13)10-17-16(18-15)12(3)4/h7-12H,1-4H3. The van der Waals surface area contributed by atoms with Crippen LogP contribution in [0.3, 0.4) is 0 Å². The molecule has 0 aliphatic carbocycles. The second kappa shape index (κ2) is 5.18. The van der Waals surface area contributed by atoms with E-state index >= 15 is 0 Å². The largest absolute Gasteiger partial charge is 0.240 e. The summed E-state index contributed by atoms with van der Waals surface area (Å²) in [6.07, 6.45) is 1.89. The van der Waals surface area contributed by atoms with E-state index in [4.69, 9.17) is 0 Å². The molecule has 2 rings (SSSR count). The first-order valence-corrected chi connectivity index (χ1v) is 6.34. The molecular formula is C16H18N2. The van der Waals surface area contributed by atoms with Gasteiger partial charge >= 0.3 is 0 Å². The van der Waals surface area contributed by atoms with E-state index in [9.17, 15) is 0 Å². The Morgan fingerprint density at radius 1 is 1.11 bits per heavy atom. The number of aromatic nitrogens is 2. The highest BCUT2D eigenvalue weighted by Crippen LogP contribution is 2.16. The van der Waals surface area contributed by atoms with Crippen molar-refractivity contribution in [2.45, 2.75) is 33.6 Å². The van der Waals surface area contributed by atoms with Crippen LogP contribution in [-0.2, 0) is 0 Å². The lowest BCUT2D eigenvalue weighted by Gasteiger charge is -2.04. The molecule has 0 aliphatic heterocycles. The third-order valence-electron chi connectivity index (χ3n) is 2.62. The molecule has 0 radical (unpaired) electrons. The highest BCUT2D eigenvalue weighted by molar-refractivity contribution is 5.79. The summed E-state index contributed by atoms with van der Waals surface area (Å²) in [6, 6.07) is 6.09. The molecule has 0 spiro atoms. The minimum Gasteiger partial charge on any atom is -0.240 e. The maximum atomic E-state index is 4.55. The Morgan fingerprint density at radius 2 is 1.89 bits per heavy atom. The van der Waals surface area contributed by atoms with Crippen molar-refractivity contribution in [1.82, 2.24) is 9.97 Å². The van der Waals surface area contributed by atoms with Crippen LogP contribution in [-0.4, -0.2) is 9.97 Å². The van der Waals surface area contributed by atoms with Crippen molar-refractivity contribution in [3.8, 4) is 11.8 Å². The van der Waals surface area contributed by atoms with Gasteiger partial charge in [-0.15, -0.1) is 0 Å². The van der Waals surface area contributed by atoms with Gasteiger partial charge in [0.2, 0.25) is 0 Å². The Labute approximate surface area is 108 Å². The van der Waals surface area contributed by atoms with Crippen LogP contribution in [0, 0.1) is 17.8 Å². The Hall–Kier alpha value is -1.88. The van der Waals surface area contributed by atoms with Crippen molar-refractivity contribution in [3.05, 3.63) is 35.8 Å². The van der Waals surface area contributed by atoms with Crippen molar-refractivity contribution in [2.24, 2.45) is 5.92 Å². The van der Waals surface area contributed by atoms with Gasteiger partial charge in [-0.05, 0) is 18.2 Å². The van der Waals surface area contributed by atoms with Crippen LogP contribution < -0.4 is 0 Å². The summed E-state index contributed by atoms with van der Waals surface area (Å²) in [7, 11) is 0. The third-order valence-corrected chi connectivity index (χ3v) is 2.62. The van der Waals surface area contributed by atoms with E-state index in [2.05, 4.69) is 55.6 Å². The van der Waals surface area contributed by atoms with Crippen molar-refractivity contribution >= 4 is 10.9 Å². The summed E-state index contributed by atoms with van der Waals surface area (Å²) in [5.41, 5.74) is 2.01. The minimum absolute atomic E-state index is 0.356. The molecule has 0 saturated heterocycles. The molecule has 1 aromatic carbocycles. The van der Waals surface area contributed by atoms with Gasteiger partial charge in [-0.3, -0.25) is 0 Å². The molecule has 18 heavy (non-hydrogen) atoms. The Balaban J connectivity index is 2.42. The van der Waals surface area contributed by atoms with Gasteiger partial charge in [0.1, 0.15) is 5.82 Å². The SMILES string of the molecule is CC(C)C#Cc1ccc2nc(C(C)C)ncc2c1. The highest BCUT2D eigenvalue weighted by atomic mass is 14.9. The van der Waals surface area contributed by atoms with Gasteiger partial charge in [-0.25, -0.2) is 9.97 Å². The molecule has 1 heterocycles. The van der Waals surface area contributed by atoms with Crippen LogP contribution in [0.15, 0.2) is 24.4 Å². The average molecular weight is 238 g/mol. The number of rotatable bonds is 1. The van der Waals surface area contributed by atoms with Gasteiger partial charge in [-0.2, -0.15) is 0 Å². The zero-order chi connectivity index (χ0) is 13.1. The molecule has 0 N–H and O–H groups in total. The van der Waals surface area contributed by atoms with Crippen molar-refractivity contribution in [3.63, 3.8) is 0 Å². The predicted octanol–water partition coefficient (Wildman–Crippen LogP) is 3.76. The number of nitrogens with zero attached hydrogens (tertiary/aromatic N) is 2. The van der Waals surface area contributed by atoms with Crippen LogP contribution in [0.1, 0.15) is 45.0 Å². The fourth-order valence-electron chi connectivity index (χ4n) is 1.63. The van der Waals surface area contributed by atoms with Crippen LogP contribution in [0.4, 0.5) is 0 Å². The fraction of sp³-hybridized carbons (Fsp3) is 0.375. The first-order valence-electron chi connectivity index (χ1n) is 6.34. The Morgan fingerprint density at radius 3 is 2.56 bits per heavy atom. The molecular weight excluding hydrogens is 220 g/mol. The normalized spacial score (nSPS) is 10.8. The molecule has 92 valence electrons. The molecule has 0 unspecified atom stereocenters. The van der Waals surface area contributed by atoms with E-state index in [1.807, 2.05) is 18.3 Å². The monoisotopic (exact) mass is 238 g/mol. The van der Waals surface area contributed by atoms with Crippen molar-refractivity contribution in [1.29, 1.82) is 0 Å². The summed E-state index contributed by atoms with van der Waals surface area (Å²) in [6.45, 7) is 8.38. The van der Waals surface area contributed by atoms with Gasteiger partial charge in [0.15, 0.2) is 0 Å². The van der Waals surface area contributed by atoms with Gasteiger partial charge < -0.3 is 0 Å². The second-order valence-corrected chi connectivity index (χ2v) is 5.08. The molecule has 2 heteroatoms. The summed E-state index contributed by atoms with van der Waals surface area (Å²) in [5.74, 6) is 7.97. The topological polar surface area (TPSA) is 25.8 Å². The quantitative estimate of drug-likeness (QED) is 0.707. The van der Waals surface area contributed by atoms with Crippen molar-refractivity contribution < 1.29 is 0 Å². The third kappa shape index (κ3) is 2.87. The molecule has 0 saturated carbocycles. The molecule has 0 fully saturated rings. The van der Waals surface area contributed by atoms with Gasteiger partial charge in [0.05, 0.1) is 5.52 Å².